The van der Waals surface area contributed by atoms with Crippen LogP contribution in [-0.4, -0.2) is 17.0 Å². The second-order valence-corrected chi connectivity index (χ2v) is 3.72. The molecule has 0 aliphatic heterocycles. The second-order valence-electron chi connectivity index (χ2n) is 2.35. The van der Waals surface area contributed by atoms with Gasteiger partial charge in [0.05, 0.1) is 11.6 Å². The van der Waals surface area contributed by atoms with Crippen LogP contribution in [0.25, 0.3) is 0 Å². The molecule has 0 saturated heterocycles. The van der Waals surface area contributed by atoms with Crippen molar-refractivity contribution in [2.24, 2.45) is 5.73 Å². The van der Waals surface area contributed by atoms with Crippen LogP contribution in [0, 0.1) is 0 Å². The molecule has 0 amide bonds. The number of hydrogen-bond acceptors (Lipinski definition) is 3. The van der Waals surface area contributed by atoms with Crippen LogP contribution in [-0.2, 0) is 0 Å². The predicted octanol–water partition coefficient (Wildman–Crippen LogP) is 1.70. The van der Waals surface area contributed by atoms with Gasteiger partial charge in [0.2, 0.25) is 0 Å². The van der Waals surface area contributed by atoms with Crippen LogP contribution in [0.2, 0.25) is 0 Å². The highest BCUT2D eigenvalue weighted by Gasteiger charge is 2.05. The highest BCUT2D eigenvalue weighted by Crippen LogP contribution is 2.19. The highest BCUT2D eigenvalue weighted by atomic mass is 32.2. The van der Waals surface area contributed by atoms with E-state index in [9.17, 15) is 0 Å². The van der Waals surface area contributed by atoms with Gasteiger partial charge in [-0.15, -0.1) is 11.8 Å². The van der Waals surface area contributed by atoms with Crippen molar-refractivity contribution in [2.75, 3.05) is 6.61 Å². The Labute approximate surface area is 72.9 Å². The van der Waals surface area contributed by atoms with Crippen molar-refractivity contribution in [1.29, 1.82) is 0 Å². The fourth-order valence-electron chi connectivity index (χ4n) is 0.691. The van der Waals surface area contributed by atoms with Gasteiger partial charge in [-0.25, -0.2) is 0 Å². The zero-order valence-corrected chi connectivity index (χ0v) is 8.03. The Bertz CT molecular complexity index is 121. The second kappa shape index (κ2) is 6.55. The van der Waals surface area contributed by atoms with Crippen LogP contribution in [0.1, 0.15) is 26.7 Å². The standard InChI is InChI=1S/C8H17NOS/c1-3-5-8(9)11-7(4-2)6-10/h5,7,10H,3-4,6,9H2,1-2H3/b8-5+. The number of aliphatic hydroxyl groups is 1. The Kier molecular flexibility index (Phi) is 6.46. The van der Waals surface area contributed by atoms with Gasteiger partial charge in [-0.2, -0.15) is 0 Å². The molecule has 0 aliphatic carbocycles. The zero-order chi connectivity index (χ0) is 8.69. The Morgan fingerprint density at radius 3 is 2.64 bits per heavy atom. The maximum Gasteiger partial charge on any atom is 0.0617 e. The van der Waals surface area contributed by atoms with Crippen LogP contribution in [0.4, 0.5) is 0 Å². The summed E-state index contributed by atoms with van der Waals surface area (Å²) in [5.74, 6) is 0. The third-order valence-corrected chi connectivity index (χ3v) is 2.62. The van der Waals surface area contributed by atoms with Crippen LogP contribution < -0.4 is 5.73 Å². The van der Waals surface area contributed by atoms with Crippen molar-refractivity contribution in [3.05, 3.63) is 11.1 Å². The SMILES string of the molecule is CC/C=C(\N)SC(CC)CO. The average Bonchev–Trinajstić information content (AvgIpc) is 2.01. The molecule has 0 aromatic carbocycles. The van der Waals surface area contributed by atoms with Crippen LogP contribution in [0.5, 0.6) is 0 Å². The molecule has 0 aliphatic rings. The Morgan fingerprint density at radius 2 is 2.27 bits per heavy atom. The Balaban J connectivity index is 3.71. The van der Waals surface area contributed by atoms with Gasteiger partial charge < -0.3 is 10.8 Å². The van der Waals surface area contributed by atoms with E-state index in [0.717, 1.165) is 17.9 Å². The summed E-state index contributed by atoms with van der Waals surface area (Å²) in [6.45, 7) is 4.31. The van der Waals surface area contributed by atoms with Crippen molar-refractivity contribution in [1.82, 2.24) is 0 Å². The smallest absolute Gasteiger partial charge is 0.0617 e. The minimum absolute atomic E-state index is 0.208. The summed E-state index contributed by atoms with van der Waals surface area (Å²) < 4.78 is 0. The molecule has 0 rings (SSSR count). The monoisotopic (exact) mass is 175 g/mol. The summed E-state index contributed by atoms with van der Waals surface area (Å²) in [5, 5.41) is 9.93. The maximum absolute atomic E-state index is 8.84. The lowest BCUT2D eigenvalue weighted by molar-refractivity contribution is 0.293. The molecule has 2 nitrogen and oxygen atoms in total. The van der Waals surface area contributed by atoms with E-state index < -0.39 is 0 Å². The molecule has 3 heteroatoms. The molecule has 1 unspecified atom stereocenters. The molecule has 0 heterocycles. The van der Waals surface area contributed by atoms with E-state index in [0.29, 0.717) is 0 Å². The van der Waals surface area contributed by atoms with Crippen LogP contribution in [0.15, 0.2) is 11.1 Å². The van der Waals surface area contributed by atoms with E-state index in [1.807, 2.05) is 19.9 Å². The molecular weight excluding hydrogens is 158 g/mol. The molecule has 0 radical (unpaired) electrons. The number of rotatable bonds is 5. The van der Waals surface area contributed by atoms with Gasteiger partial charge in [0.1, 0.15) is 0 Å². The summed E-state index contributed by atoms with van der Waals surface area (Å²) in [4.78, 5) is 0. The lowest BCUT2D eigenvalue weighted by Gasteiger charge is -2.10. The quantitative estimate of drug-likeness (QED) is 0.668. The molecule has 0 spiro atoms. The first-order valence-electron chi connectivity index (χ1n) is 3.97. The van der Waals surface area contributed by atoms with Gasteiger partial charge in [0, 0.05) is 5.25 Å². The summed E-state index contributed by atoms with van der Waals surface area (Å²) in [7, 11) is 0. The van der Waals surface area contributed by atoms with Gasteiger partial charge in [0.15, 0.2) is 0 Å². The van der Waals surface area contributed by atoms with E-state index in [4.69, 9.17) is 10.8 Å². The molecule has 0 saturated carbocycles. The third kappa shape index (κ3) is 5.16. The molecule has 66 valence electrons. The molecule has 0 aromatic heterocycles. The van der Waals surface area contributed by atoms with E-state index >= 15 is 0 Å². The van der Waals surface area contributed by atoms with Crippen molar-refractivity contribution in [3.63, 3.8) is 0 Å². The van der Waals surface area contributed by atoms with Gasteiger partial charge in [-0.1, -0.05) is 19.9 Å². The van der Waals surface area contributed by atoms with Crippen molar-refractivity contribution >= 4 is 11.8 Å². The molecule has 1 atom stereocenters. The largest absolute Gasteiger partial charge is 0.395 e. The van der Waals surface area contributed by atoms with Crippen LogP contribution in [0.3, 0.4) is 0 Å². The third-order valence-electron chi connectivity index (χ3n) is 1.37. The van der Waals surface area contributed by atoms with E-state index in [-0.39, 0.29) is 11.9 Å². The predicted molar refractivity (Wildman–Crippen MR) is 51.3 cm³/mol. The minimum atomic E-state index is 0.208. The molecule has 3 N–H and O–H groups in total. The number of allylic oxidation sites excluding steroid dienone is 1. The summed E-state index contributed by atoms with van der Waals surface area (Å²) in [5.41, 5.74) is 5.65. The van der Waals surface area contributed by atoms with Crippen molar-refractivity contribution < 1.29 is 5.11 Å². The summed E-state index contributed by atoms with van der Waals surface area (Å²) >= 11 is 1.56. The topological polar surface area (TPSA) is 46.2 Å². The summed E-state index contributed by atoms with van der Waals surface area (Å²) in [6.07, 6.45) is 3.89. The molecular formula is C8H17NOS. The number of thioether (sulfide) groups is 1. The normalized spacial score (nSPS) is 15.0. The first kappa shape index (κ1) is 10.8. The van der Waals surface area contributed by atoms with Crippen LogP contribution >= 0.6 is 11.8 Å². The van der Waals surface area contributed by atoms with Crippen molar-refractivity contribution in [3.8, 4) is 0 Å². The number of nitrogens with two attached hydrogens (primary N) is 1. The first-order valence-corrected chi connectivity index (χ1v) is 4.85. The molecule has 0 bridgehead atoms. The summed E-state index contributed by atoms with van der Waals surface area (Å²) in [6, 6.07) is 0. The molecule has 0 aromatic rings. The maximum atomic E-state index is 8.84. The lowest BCUT2D eigenvalue weighted by atomic mass is 10.3. The minimum Gasteiger partial charge on any atom is -0.395 e. The number of hydrogen-bond donors (Lipinski definition) is 2. The Hall–Kier alpha value is -0.150. The van der Waals surface area contributed by atoms with Gasteiger partial charge in [-0.05, 0) is 12.8 Å². The molecule has 0 fully saturated rings. The molecule has 11 heavy (non-hydrogen) atoms. The Morgan fingerprint density at radius 1 is 1.64 bits per heavy atom. The fraction of sp³-hybridized carbons (Fsp3) is 0.750. The lowest BCUT2D eigenvalue weighted by Crippen LogP contribution is -2.09. The number of aliphatic hydroxyl groups excluding tert-OH is 1. The fourth-order valence-corrected chi connectivity index (χ4v) is 1.58. The highest BCUT2D eigenvalue weighted by molar-refractivity contribution is 8.03. The van der Waals surface area contributed by atoms with E-state index in [2.05, 4.69) is 0 Å². The van der Waals surface area contributed by atoms with Crippen molar-refractivity contribution in [2.45, 2.75) is 31.9 Å². The first-order chi connectivity index (χ1) is 5.24. The van der Waals surface area contributed by atoms with Gasteiger partial charge in [0.25, 0.3) is 0 Å². The van der Waals surface area contributed by atoms with Gasteiger partial charge in [-0.3, -0.25) is 0 Å². The van der Waals surface area contributed by atoms with Gasteiger partial charge >= 0.3 is 0 Å². The zero-order valence-electron chi connectivity index (χ0n) is 7.21. The average molecular weight is 175 g/mol. The van der Waals surface area contributed by atoms with E-state index in [1.54, 1.807) is 11.8 Å². The van der Waals surface area contributed by atoms with E-state index in [1.165, 1.54) is 0 Å².